The van der Waals surface area contributed by atoms with Gasteiger partial charge < -0.3 is 9.64 Å². The SMILES string of the molecule is CC(C)N1CCCC(Cn2cc(COc3ccc4c(c3)CCC4)nn2)C1. The number of benzene rings is 1. The van der Waals surface area contributed by atoms with E-state index in [0.29, 0.717) is 18.6 Å². The first kappa shape index (κ1) is 17.5. The van der Waals surface area contributed by atoms with Crippen molar-refractivity contribution in [1.29, 1.82) is 0 Å². The van der Waals surface area contributed by atoms with Crippen LogP contribution in [0.2, 0.25) is 0 Å². The van der Waals surface area contributed by atoms with Gasteiger partial charge in [-0.25, -0.2) is 0 Å². The summed E-state index contributed by atoms with van der Waals surface area (Å²) < 4.78 is 7.94. The minimum Gasteiger partial charge on any atom is -0.487 e. The van der Waals surface area contributed by atoms with Gasteiger partial charge in [0.05, 0.1) is 6.20 Å². The van der Waals surface area contributed by atoms with Crippen LogP contribution in [0.5, 0.6) is 5.75 Å². The number of aromatic nitrogens is 3. The average molecular weight is 354 g/mol. The highest BCUT2D eigenvalue weighted by Gasteiger charge is 2.22. The van der Waals surface area contributed by atoms with Crippen LogP contribution in [-0.2, 0) is 26.0 Å². The van der Waals surface area contributed by atoms with E-state index in [4.69, 9.17) is 4.74 Å². The molecule has 1 aromatic carbocycles. The summed E-state index contributed by atoms with van der Waals surface area (Å²) in [6.07, 6.45) is 8.26. The van der Waals surface area contributed by atoms with Crippen molar-refractivity contribution < 1.29 is 4.74 Å². The minimum absolute atomic E-state index is 0.488. The van der Waals surface area contributed by atoms with Crippen LogP contribution >= 0.6 is 0 Å². The molecule has 0 bridgehead atoms. The fraction of sp³-hybridized carbons (Fsp3) is 0.619. The molecule has 1 aliphatic heterocycles. The Bertz CT molecular complexity index is 739. The molecule has 1 saturated heterocycles. The van der Waals surface area contributed by atoms with E-state index in [2.05, 4.69) is 47.3 Å². The van der Waals surface area contributed by atoms with Crippen LogP contribution in [0, 0.1) is 5.92 Å². The molecular formula is C21H30N4O. The second-order valence-corrected chi connectivity index (χ2v) is 8.10. The van der Waals surface area contributed by atoms with E-state index in [1.54, 1.807) is 0 Å². The summed E-state index contributed by atoms with van der Waals surface area (Å²) in [5.74, 6) is 1.61. The minimum atomic E-state index is 0.488. The van der Waals surface area contributed by atoms with Gasteiger partial charge in [0.15, 0.2) is 0 Å². The average Bonchev–Trinajstić information content (AvgIpc) is 3.28. The lowest BCUT2D eigenvalue weighted by atomic mass is 9.97. The van der Waals surface area contributed by atoms with Crippen molar-refractivity contribution in [1.82, 2.24) is 19.9 Å². The van der Waals surface area contributed by atoms with E-state index in [-0.39, 0.29) is 0 Å². The second-order valence-electron chi connectivity index (χ2n) is 8.10. The van der Waals surface area contributed by atoms with Gasteiger partial charge in [-0.2, -0.15) is 0 Å². The predicted molar refractivity (Wildman–Crippen MR) is 102 cm³/mol. The number of piperidine rings is 1. The highest BCUT2D eigenvalue weighted by Crippen LogP contribution is 2.26. The third-order valence-electron chi connectivity index (χ3n) is 5.77. The smallest absolute Gasteiger partial charge is 0.134 e. The van der Waals surface area contributed by atoms with Crippen molar-refractivity contribution in [3.8, 4) is 5.75 Å². The fourth-order valence-electron chi connectivity index (χ4n) is 4.27. The molecule has 140 valence electrons. The van der Waals surface area contributed by atoms with Crippen molar-refractivity contribution in [2.24, 2.45) is 5.92 Å². The van der Waals surface area contributed by atoms with Crippen LogP contribution in [0.15, 0.2) is 24.4 Å². The van der Waals surface area contributed by atoms with Gasteiger partial charge in [-0.15, -0.1) is 5.10 Å². The summed E-state index contributed by atoms with van der Waals surface area (Å²) in [6, 6.07) is 7.11. The molecule has 1 atom stereocenters. The summed E-state index contributed by atoms with van der Waals surface area (Å²) in [4.78, 5) is 2.57. The van der Waals surface area contributed by atoms with Crippen LogP contribution in [0.4, 0.5) is 0 Å². The third kappa shape index (κ3) is 4.09. The number of aryl methyl sites for hydroxylation is 2. The monoisotopic (exact) mass is 354 g/mol. The van der Waals surface area contributed by atoms with Gasteiger partial charge in [-0.1, -0.05) is 11.3 Å². The maximum absolute atomic E-state index is 5.95. The van der Waals surface area contributed by atoms with E-state index < -0.39 is 0 Å². The van der Waals surface area contributed by atoms with Crippen molar-refractivity contribution in [3.63, 3.8) is 0 Å². The molecule has 5 nitrogen and oxygen atoms in total. The number of fused-ring (bicyclic) bond motifs is 1. The fourth-order valence-corrected chi connectivity index (χ4v) is 4.27. The normalized spacial score (nSPS) is 20.5. The van der Waals surface area contributed by atoms with Crippen molar-refractivity contribution in [2.75, 3.05) is 13.1 Å². The standard InChI is InChI=1S/C21H30N4O/c1-16(2)24-10-4-5-17(12-24)13-25-14-20(22-23-25)15-26-21-9-8-18-6-3-7-19(18)11-21/h8-9,11,14,16-17H,3-7,10,12-13,15H2,1-2H3. The van der Waals surface area contributed by atoms with Crippen molar-refractivity contribution in [3.05, 3.63) is 41.2 Å². The molecule has 26 heavy (non-hydrogen) atoms. The second kappa shape index (κ2) is 7.78. The van der Waals surface area contributed by atoms with Crippen LogP contribution < -0.4 is 4.74 Å². The lowest BCUT2D eigenvalue weighted by Gasteiger charge is -2.35. The Balaban J connectivity index is 1.30. The van der Waals surface area contributed by atoms with Gasteiger partial charge in [-0.05, 0) is 81.7 Å². The first-order valence-electron chi connectivity index (χ1n) is 10.0. The number of rotatable bonds is 6. The maximum Gasteiger partial charge on any atom is 0.134 e. The number of hydrogen-bond donors (Lipinski definition) is 0. The van der Waals surface area contributed by atoms with Gasteiger partial charge in [0, 0.05) is 19.1 Å². The first-order chi connectivity index (χ1) is 12.7. The predicted octanol–water partition coefficient (Wildman–Crippen LogP) is 3.47. The molecule has 0 N–H and O–H groups in total. The lowest BCUT2D eigenvalue weighted by molar-refractivity contribution is 0.128. The van der Waals surface area contributed by atoms with Crippen molar-refractivity contribution in [2.45, 2.75) is 65.1 Å². The van der Waals surface area contributed by atoms with Crippen LogP contribution in [0.25, 0.3) is 0 Å². The number of likely N-dealkylation sites (tertiary alicyclic amines) is 1. The molecule has 1 aromatic heterocycles. The molecule has 2 aromatic rings. The Morgan fingerprint density at radius 2 is 2.08 bits per heavy atom. The third-order valence-corrected chi connectivity index (χ3v) is 5.77. The Morgan fingerprint density at radius 3 is 2.96 bits per heavy atom. The molecule has 0 spiro atoms. The maximum atomic E-state index is 5.95. The molecule has 4 rings (SSSR count). The van der Waals surface area contributed by atoms with E-state index >= 15 is 0 Å². The van der Waals surface area contributed by atoms with Crippen LogP contribution in [-0.4, -0.2) is 39.0 Å². The van der Waals surface area contributed by atoms with Gasteiger partial charge in [0.25, 0.3) is 0 Å². The highest BCUT2D eigenvalue weighted by atomic mass is 16.5. The van der Waals surface area contributed by atoms with E-state index in [0.717, 1.165) is 18.0 Å². The van der Waals surface area contributed by atoms with E-state index in [1.165, 1.54) is 56.3 Å². The largest absolute Gasteiger partial charge is 0.487 e. The number of ether oxygens (including phenoxy) is 1. The summed E-state index contributed by atoms with van der Waals surface area (Å²) in [7, 11) is 0. The van der Waals surface area contributed by atoms with E-state index in [1.807, 2.05) is 10.9 Å². The summed E-state index contributed by atoms with van der Waals surface area (Å²) in [5, 5.41) is 8.62. The lowest BCUT2D eigenvalue weighted by Crippen LogP contribution is -2.41. The van der Waals surface area contributed by atoms with Gasteiger partial charge >= 0.3 is 0 Å². The Labute approximate surface area is 156 Å². The molecule has 2 heterocycles. The molecule has 0 amide bonds. The van der Waals surface area contributed by atoms with Crippen LogP contribution in [0.1, 0.15) is 49.9 Å². The zero-order valence-electron chi connectivity index (χ0n) is 16.0. The van der Waals surface area contributed by atoms with E-state index in [9.17, 15) is 0 Å². The molecule has 1 aliphatic carbocycles. The Kier molecular flexibility index (Phi) is 5.25. The Hall–Kier alpha value is -1.88. The summed E-state index contributed by atoms with van der Waals surface area (Å²) in [5.41, 5.74) is 3.83. The first-order valence-corrected chi connectivity index (χ1v) is 10.0. The summed E-state index contributed by atoms with van der Waals surface area (Å²) in [6.45, 7) is 8.40. The van der Waals surface area contributed by atoms with Crippen molar-refractivity contribution >= 4 is 0 Å². The molecular weight excluding hydrogens is 324 g/mol. The van der Waals surface area contributed by atoms with Gasteiger partial charge in [-0.3, -0.25) is 4.68 Å². The number of hydrogen-bond acceptors (Lipinski definition) is 4. The molecule has 2 aliphatic rings. The van der Waals surface area contributed by atoms with Gasteiger partial charge in [0.2, 0.25) is 0 Å². The molecule has 1 fully saturated rings. The van der Waals surface area contributed by atoms with Crippen LogP contribution in [0.3, 0.4) is 0 Å². The summed E-state index contributed by atoms with van der Waals surface area (Å²) >= 11 is 0. The topological polar surface area (TPSA) is 43.2 Å². The molecule has 5 heteroatoms. The molecule has 1 unspecified atom stereocenters. The Morgan fingerprint density at radius 1 is 1.19 bits per heavy atom. The number of nitrogens with zero attached hydrogens (tertiary/aromatic N) is 4. The van der Waals surface area contributed by atoms with Gasteiger partial charge in [0.1, 0.15) is 18.1 Å². The highest BCUT2D eigenvalue weighted by molar-refractivity contribution is 5.38. The molecule has 0 radical (unpaired) electrons. The zero-order valence-corrected chi connectivity index (χ0v) is 16.0. The zero-order chi connectivity index (χ0) is 17.9. The quantitative estimate of drug-likeness (QED) is 0.797. The molecule has 0 saturated carbocycles.